The smallest absolute Gasteiger partial charge is 0.497 e. The second-order valence-corrected chi connectivity index (χ2v) is 11.5. The number of alkyl halides is 3. The van der Waals surface area contributed by atoms with Gasteiger partial charge in [0, 0.05) is 41.5 Å². The fourth-order valence-electron chi connectivity index (χ4n) is 5.00. The number of esters is 1. The first-order chi connectivity index (χ1) is 20.7. The molecule has 1 unspecified atom stereocenters. The number of amides is 1. The lowest BCUT2D eigenvalue weighted by Crippen LogP contribution is -2.37. The number of nitrogens with zero attached hydrogens (tertiary/aromatic N) is 1. The van der Waals surface area contributed by atoms with Crippen molar-refractivity contribution < 1.29 is 41.7 Å². The van der Waals surface area contributed by atoms with Gasteiger partial charge in [-0.1, -0.05) is 23.7 Å². The van der Waals surface area contributed by atoms with Crippen LogP contribution in [0.5, 0.6) is 17.2 Å². The van der Waals surface area contributed by atoms with E-state index in [1.165, 1.54) is 37.3 Å². The number of carbonyl (C=O) groups is 2. The van der Waals surface area contributed by atoms with Crippen LogP contribution in [0.4, 0.5) is 24.5 Å². The van der Waals surface area contributed by atoms with Crippen molar-refractivity contribution in [3.8, 4) is 17.2 Å². The maximum absolute atomic E-state index is 14.2. The molecule has 1 amide bonds. The van der Waals surface area contributed by atoms with E-state index >= 15 is 0 Å². The summed E-state index contributed by atoms with van der Waals surface area (Å²) in [6, 6.07) is 13.3. The Morgan fingerprint density at radius 3 is 2.39 bits per heavy atom. The van der Waals surface area contributed by atoms with Gasteiger partial charge < -0.3 is 29.2 Å². The fraction of sp³-hybridized carbons (Fsp3) is 0.375. The first kappa shape index (κ1) is 32.8. The van der Waals surface area contributed by atoms with Gasteiger partial charge in [0.1, 0.15) is 23.3 Å². The number of benzene rings is 3. The van der Waals surface area contributed by atoms with E-state index in [0.29, 0.717) is 46.3 Å². The zero-order valence-corrected chi connectivity index (χ0v) is 25.8. The number of ether oxygens (including phenoxy) is 4. The van der Waals surface area contributed by atoms with Crippen LogP contribution in [0.25, 0.3) is 0 Å². The zero-order valence-electron chi connectivity index (χ0n) is 25.0. The minimum Gasteiger partial charge on any atom is -0.497 e. The van der Waals surface area contributed by atoms with E-state index in [2.05, 4.69) is 10.1 Å². The van der Waals surface area contributed by atoms with E-state index in [0.717, 1.165) is 11.1 Å². The van der Waals surface area contributed by atoms with Crippen LogP contribution >= 0.6 is 11.6 Å². The highest BCUT2D eigenvalue weighted by Gasteiger charge is 2.35. The van der Waals surface area contributed by atoms with Gasteiger partial charge in [0.05, 0.1) is 31.9 Å². The maximum Gasteiger partial charge on any atom is 0.573 e. The number of rotatable bonds is 11. The van der Waals surface area contributed by atoms with Crippen molar-refractivity contribution in [1.29, 1.82) is 0 Å². The molecule has 44 heavy (non-hydrogen) atoms. The summed E-state index contributed by atoms with van der Waals surface area (Å²) >= 11 is 6.21. The molecule has 8 nitrogen and oxygen atoms in total. The van der Waals surface area contributed by atoms with Crippen LogP contribution in [0.3, 0.4) is 0 Å². The molecule has 1 aliphatic rings. The highest BCUT2D eigenvalue weighted by Crippen LogP contribution is 2.38. The van der Waals surface area contributed by atoms with Crippen molar-refractivity contribution in [3.05, 3.63) is 76.3 Å². The molecule has 3 aromatic rings. The van der Waals surface area contributed by atoms with Crippen molar-refractivity contribution in [2.45, 2.75) is 46.0 Å². The van der Waals surface area contributed by atoms with Crippen molar-refractivity contribution in [1.82, 2.24) is 0 Å². The summed E-state index contributed by atoms with van der Waals surface area (Å²) in [5.74, 6) is -0.255. The summed E-state index contributed by atoms with van der Waals surface area (Å²) in [6.45, 7) is 5.83. The van der Waals surface area contributed by atoms with Crippen molar-refractivity contribution in [3.63, 3.8) is 0 Å². The molecule has 3 aromatic carbocycles. The molecule has 12 heteroatoms. The first-order valence-corrected chi connectivity index (χ1v) is 14.2. The monoisotopic (exact) mass is 634 g/mol. The maximum atomic E-state index is 14.2. The Balaban J connectivity index is 1.65. The molecule has 1 aliphatic heterocycles. The average Bonchev–Trinajstić information content (AvgIpc) is 3.37. The van der Waals surface area contributed by atoms with Gasteiger partial charge in [0.25, 0.3) is 5.91 Å². The van der Waals surface area contributed by atoms with E-state index in [1.807, 2.05) is 6.92 Å². The number of hydrogen-bond donors (Lipinski definition) is 1. The fourth-order valence-corrected chi connectivity index (χ4v) is 5.23. The normalized spacial score (nSPS) is 13.6. The van der Waals surface area contributed by atoms with Gasteiger partial charge in [-0.3, -0.25) is 9.59 Å². The predicted molar refractivity (Wildman–Crippen MR) is 161 cm³/mol. The summed E-state index contributed by atoms with van der Waals surface area (Å²) in [7, 11) is 2.83. The Morgan fingerprint density at radius 2 is 1.73 bits per heavy atom. The number of aryl methyl sites for hydroxylation is 1. The van der Waals surface area contributed by atoms with E-state index in [1.54, 1.807) is 50.2 Å². The number of fused-ring (bicyclic) bond motifs is 1. The lowest BCUT2D eigenvalue weighted by molar-refractivity contribution is -0.274. The van der Waals surface area contributed by atoms with Crippen molar-refractivity contribution >= 4 is 34.9 Å². The lowest BCUT2D eigenvalue weighted by Gasteiger charge is -2.27. The molecular formula is C32H34ClF3N2O6. The van der Waals surface area contributed by atoms with Crippen LogP contribution in [-0.2, 0) is 20.7 Å². The third-order valence-corrected chi connectivity index (χ3v) is 7.64. The second-order valence-electron chi connectivity index (χ2n) is 11.0. The highest BCUT2D eigenvalue weighted by molar-refractivity contribution is 6.30. The molecule has 0 aromatic heterocycles. The third-order valence-electron chi connectivity index (χ3n) is 7.40. The van der Waals surface area contributed by atoms with Gasteiger partial charge >= 0.3 is 12.3 Å². The van der Waals surface area contributed by atoms with E-state index in [-0.39, 0.29) is 25.0 Å². The van der Waals surface area contributed by atoms with Crippen LogP contribution in [0.2, 0.25) is 5.02 Å². The number of hydrogen-bond acceptors (Lipinski definition) is 7. The highest BCUT2D eigenvalue weighted by atomic mass is 35.5. The second kappa shape index (κ2) is 13.3. The van der Waals surface area contributed by atoms with E-state index in [9.17, 15) is 22.8 Å². The Bertz CT molecular complexity index is 1530. The minimum atomic E-state index is -4.87. The van der Waals surface area contributed by atoms with Crippen molar-refractivity contribution in [2.75, 3.05) is 37.6 Å². The standard InChI is InChI=1S/C32H34ClF3N2O6/c1-19-14-21(33)7-9-26(19)28(29(39)38-12-10-20-6-8-23(18-27(20)38)44-32(34,35)36)37-22-15-24(41-4)17-25(16-22)43-13-11-31(2,3)30(40)42-5/h6-9,14-18,28,37H,10-13H2,1-5H3. The molecule has 0 saturated heterocycles. The molecule has 0 bridgehead atoms. The van der Waals surface area contributed by atoms with Gasteiger partial charge in [0.2, 0.25) is 0 Å². The van der Waals surface area contributed by atoms with Crippen LogP contribution in [-0.4, -0.2) is 45.6 Å². The molecule has 1 heterocycles. The molecule has 236 valence electrons. The molecule has 0 spiro atoms. The number of carbonyl (C=O) groups excluding carboxylic acids is 2. The number of anilines is 2. The van der Waals surface area contributed by atoms with Gasteiger partial charge in [-0.2, -0.15) is 0 Å². The lowest BCUT2D eigenvalue weighted by atomic mass is 9.90. The molecule has 0 saturated carbocycles. The molecular weight excluding hydrogens is 601 g/mol. The molecule has 1 N–H and O–H groups in total. The molecule has 4 rings (SSSR count). The zero-order chi connectivity index (χ0) is 32.2. The topological polar surface area (TPSA) is 86.3 Å². The third kappa shape index (κ3) is 7.88. The average molecular weight is 635 g/mol. The van der Waals surface area contributed by atoms with Crippen LogP contribution in [0.1, 0.15) is 43.0 Å². The Kier molecular flexibility index (Phi) is 9.88. The first-order valence-electron chi connectivity index (χ1n) is 13.8. The van der Waals surface area contributed by atoms with Gasteiger partial charge in [-0.25, -0.2) is 0 Å². The van der Waals surface area contributed by atoms with Gasteiger partial charge in [-0.05, 0) is 68.5 Å². The summed E-state index contributed by atoms with van der Waals surface area (Å²) in [5.41, 5.74) is 2.18. The molecule has 0 aliphatic carbocycles. The Labute approximate surface area is 259 Å². The SMILES string of the molecule is COC(=O)C(C)(C)CCOc1cc(NC(C(=O)N2CCc3ccc(OC(F)(F)F)cc32)c2ccc(Cl)cc2C)cc(OC)c1. The minimum absolute atomic E-state index is 0.209. The predicted octanol–water partition coefficient (Wildman–Crippen LogP) is 7.27. The number of halogens is 4. The van der Waals surface area contributed by atoms with Crippen LogP contribution < -0.4 is 24.4 Å². The van der Waals surface area contributed by atoms with E-state index in [4.69, 9.17) is 25.8 Å². The van der Waals surface area contributed by atoms with Gasteiger partial charge in [-0.15, -0.1) is 13.2 Å². The molecule has 0 fully saturated rings. The van der Waals surface area contributed by atoms with Crippen LogP contribution in [0.15, 0.2) is 54.6 Å². The number of methoxy groups -OCH3 is 2. The summed E-state index contributed by atoms with van der Waals surface area (Å²) < 4.78 is 59.2. The van der Waals surface area contributed by atoms with Gasteiger partial charge in [0.15, 0.2) is 0 Å². The number of nitrogens with one attached hydrogen (secondary N) is 1. The largest absolute Gasteiger partial charge is 0.573 e. The Morgan fingerprint density at radius 1 is 1.00 bits per heavy atom. The van der Waals surface area contributed by atoms with E-state index < -0.39 is 23.6 Å². The molecule has 0 radical (unpaired) electrons. The summed E-state index contributed by atoms with van der Waals surface area (Å²) in [4.78, 5) is 27.7. The summed E-state index contributed by atoms with van der Waals surface area (Å²) in [6.07, 6.45) is -4.01. The summed E-state index contributed by atoms with van der Waals surface area (Å²) in [5, 5.41) is 3.78. The Hall–Kier alpha value is -4.12. The van der Waals surface area contributed by atoms with Crippen LogP contribution in [0, 0.1) is 12.3 Å². The van der Waals surface area contributed by atoms with Crippen molar-refractivity contribution in [2.24, 2.45) is 5.41 Å². The molecule has 1 atom stereocenters. The quantitative estimate of drug-likeness (QED) is 0.222.